The molecule has 2 atom stereocenters. The third-order valence-corrected chi connectivity index (χ3v) is 4.32. The van der Waals surface area contributed by atoms with Gasteiger partial charge in [0.15, 0.2) is 0 Å². The van der Waals surface area contributed by atoms with Crippen molar-refractivity contribution in [2.75, 3.05) is 26.7 Å². The largest absolute Gasteiger partial charge is 0.497 e. The first-order chi connectivity index (χ1) is 10.1. The van der Waals surface area contributed by atoms with Gasteiger partial charge in [-0.3, -0.25) is 4.90 Å². The highest BCUT2D eigenvalue weighted by molar-refractivity contribution is 5.27. The molecule has 1 N–H and O–H groups in total. The summed E-state index contributed by atoms with van der Waals surface area (Å²) in [7, 11) is 1.72. The number of hydrogen-bond acceptors (Lipinski definition) is 3. The van der Waals surface area contributed by atoms with E-state index in [1.54, 1.807) is 7.11 Å². The summed E-state index contributed by atoms with van der Waals surface area (Å²) in [6.07, 6.45) is 2.40. The molecular formula is C18H30N2O. The summed E-state index contributed by atoms with van der Waals surface area (Å²) in [5.74, 6) is 1.70. The fraction of sp³-hybridized carbons (Fsp3) is 0.667. The van der Waals surface area contributed by atoms with E-state index in [4.69, 9.17) is 4.74 Å². The lowest BCUT2D eigenvalue weighted by molar-refractivity contribution is 0.120. The van der Waals surface area contributed by atoms with Crippen LogP contribution in [0, 0.1) is 5.92 Å². The van der Waals surface area contributed by atoms with Gasteiger partial charge in [0.1, 0.15) is 5.75 Å². The van der Waals surface area contributed by atoms with Crippen LogP contribution >= 0.6 is 0 Å². The van der Waals surface area contributed by atoms with Crippen LogP contribution < -0.4 is 10.1 Å². The van der Waals surface area contributed by atoms with Gasteiger partial charge < -0.3 is 10.1 Å². The minimum atomic E-state index is 0.601. The van der Waals surface area contributed by atoms with Crippen LogP contribution in [-0.2, 0) is 6.42 Å². The lowest BCUT2D eigenvalue weighted by Crippen LogP contribution is -2.56. The van der Waals surface area contributed by atoms with Gasteiger partial charge in [-0.15, -0.1) is 0 Å². The minimum Gasteiger partial charge on any atom is -0.497 e. The molecule has 0 aromatic heterocycles. The van der Waals surface area contributed by atoms with Crippen LogP contribution in [0.4, 0.5) is 0 Å². The maximum Gasteiger partial charge on any atom is 0.118 e. The fourth-order valence-electron chi connectivity index (χ4n) is 3.15. The van der Waals surface area contributed by atoms with Gasteiger partial charge in [-0.2, -0.15) is 0 Å². The fourth-order valence-corrected chi connectivity index (χ4v) is 3.15. The topological polar surface area (TPSA) is 24.5 Å². The number of hydrogen-bond donors (Lipinski definition) is 1. The van der Waals surface area contributed by atoms with Crippen molar-refractivity contribution in [1.82, 2.24) is 10.2 Å². The van der Waals surface area contributed by atoms with Crippen LogP contribution in [-0.4, -0.2) is 43.7 Å². The summed E-state index contributed by atoms with van der Waals surface area (Å²) in [5, 5.41) is 3.62. The maximum atomic E-state index is 5.22. The molecule has 0 saturated carbocycles. The Morgan fingerprint density at radius 3 is 2.62 bits per heavy atom. The molecule has 1 aliphatic rings. The van der Waals surface area contributed by atoms with Gasteiger partial charge in [-0.1, -0.05) is 26.0 Å². The van der Waals surface area contributed by atoms with Gasteiger partial charge in [0, 0.05) is 31.7 Å². The van der Waals surface area contributed by atoms with E-state index < -0.39 is 0 Å². The van der Waals surface area contributed by atoms with E-state index in [1.807, 2.05) is 0 Å². The van der Waals surface area contributed by atoms with E-state index in [1.165, 1.54) is 12.0 Å². The number of nitrogens with one attached hydrogen (secondary N) is 1. The van der Waals surface area contributed by atoms with Gasteiger partial charge in [0.25, 0.3) is 0 Å². The number of nitrogens with zero attached hydrogens (tertiary/aromatic N) is 1. The van der Waals surface area contributed by atoms with E-state index in [0.29, 0.717) is 12.1 Å². The second-order valence-electron chi connectivity index (χ2n) is 6.69. The van der Waals surface area contributed by atoms with Crippen molar-refractivity contribution in [2.24, 2.45) is 5.92 Å². The average Bonchev–Trinajstić information content (AvgIpc) is 2.47. The van der Waals surface area contributed by atoms with Crippen molar-refractivity contribution in [3.8, 4) is 5.75 Å². The van der Waals surface area contributed by atoms with E-state index in [2.05, 4.69) is 55.3 Å². The number of rotatable bonds is 6. The molecular weight excluding hydrogens is 260 g/mol. The average molecular weight is 290 g/mol. The molecule has 2 unspecified atom stereocenters. The Bertz CT molecular complexity index is 416. The molecule has 2 rings (SSSR count). The first-order valence-corrected chi connectivity index (χ1v) is 8.19. The molecule has 0 radical (unpaired) electrons. The van der Waals surface area contributed by atoms with E-state index >= 15 is 0 Å². The Kier molecular flexibility index (Phi) is 6.07. The van der Waals surface area contributed by atoms with Crippen LogP contribution in [0.15, 0.2) is 24.3 Å². The van der Waals surface area contributed by atoms with Crippen molar-refractivity contribution < 1.29 is 4.74 Å². The van der Waals surface area contributed by atoms with Gasteiger partial charge in [0.05, 0.1) is 7.11 Å². The van der Waals surface area contributed by atoms with Crippen LogP contribution in [0.25, 0.3) is 0 Å². The molecule has 0 aliphatic carbocycles. The molecule has 0 amide bonds. The van der Waals surface area contributed by atoms with Crippen molar-refractivity contribution in [1.29, 1.82) is 0 Å². The molecule has 21 heavy (non-hydrogen) atoms. The second kappa shape index (κ2) is 7.81. The Hall–Kier alpha value is -1.06. The first kappa shape index (κ1) is 16.3. The summed E-state index contributed by atoms with van der Waals surface area (Å²) < 4.78 is 5.22. The highest BCUT2D eigenvalue weighted by Gasteiger charge is 2.25. The molecule has 1 aromatic carbocycles. The third-order valence-electron chi connectivity index (χ3n) is 4.32. The molecule has 3 heteroatoms. The number of benzene rings is 1. The second-order valence-corrected chi connectivity index (χ2v) is 6.69. The van der Waals surface area contributed by atoms with Crippen LogP contribution in [0.1, 0.15) is 32.8 Å². The molecule has 1 aliphatic heterocycles. The molecule has 1 aromatic rings. The zero-order chi connectivity index (χ0) is 15.2. The molecule has 1 fully saturated rings. The van der Waals surface area contributed by atoms with Crippen molar-refractivity contribution in [3.63, 3.8) is 0 Å². The predicted octanol–water partition coefficient (Wildman–Crippen LogP) is 2.95. The minimum absolute atomic E-state index is 0.601. The standard InChI is InChI=1S/C18H30N2O/c1-14(2)11-17-12-19-15(3)13-20(17)10-9-16-5-7-18(21-4)8-6-16/h5-8,14-15,17,19H,9-13H2,1-4H3. The van der Waals surface area contributed by atoms with Crippen LogP contribution in [0.2, 0.25) is 0 Å². The Balaban J connectivity index is 1.90. The molecule has 1 saturated heterocycles. The monoisotopic (exact) mass is 290 g/mol. The lowest BCUT2D eigenvalue weighted by Gasteiger charge is -2.40. The Morgan fingerprint density at radius 1 is 1.29 bits per heavy atom. The van der Waals surface area contributed by atoms with E-state index in [-0.39, 0.29) is 0 Å². The van der Waals surface area contributed by atoms with Gasteiger partial charge in [-0.05, 0) is 43.4 Å². The van der Waals surface area contributed by atoms with E-state index in [9.17, 15) is 0 Å². The van der Waals surface area contributed by atoms with Crippen molar-refractivity contribution >= 4 is 0 Å². The molecule has 3 nitrogen and oxygen atoms in total. The highest BCUT2D eigenvalue weighted by atomic mass is 16.5. The normalized spacial score (nSPS) is 23.5. The number of methoxy groups -OCH3 is 1. The van der Waals surface area contributed by atoms with Gasteiger partial charge in [-0.25, -0.2) is 0 Å². The Morgan fingerprint density at radius 2 is 2.00 bits per heavy atom. The molecule has 118 valence electrons. The molecule has 0 spiro atoms. The van der Waals surface area contributed by atoms with Gasteiger partial charge in [0.2, 0.25) is 0 Å². The van der Waals surface area contributed by atoms with Crippen molar-refractivity contribution in [3.05, 3.63) is 29.8 Å². The summed E-state index contributed by atoms with van der Waals surface area (Å²) in [5.41, 5.74) is 1.39. The first-order valence-electron chi connectivity index (χ1n) is 8.19. The van der Waals surface area contributed by atoms with Crippen LogP contribution in [0.3, 0.4) is 0 Å². The third kappa shape index (κ3) is 5.01. The molecule has 1 heterocycles. The van der Waals surface area contributed by atoms with E-state index in [0.717, 1.165) is 37.7 Å². The SMILES string of the molecule is COc1ccc(CCN2CC(C)NCC2CC(C)C)cc1. The number of ether oxygens (including phenoxy) is 1. The molecule has 0 bridgehead atoms. The zero-order valence-corrected chi connectivity index (χ0v) is 13.9. The zero-order valence-electron chi connectivity index (χ0n) is 13.9. The van der Waals surface area contributed by atoms with Crippen molar-refractivity contribution in [2.45, 2.75) is 45.7 Å². The summed E-state index contributed by atoms with van der Waals surface area (Å²) in [4.78, 5) is 2.67. The predicted molar refractivity (Wildman–Crippen MR) is 89.0 cm³/mol. The highest BCUT2D eigenvalue weighted by Crippen LogP contribution is 2.17. The summed E-state index contributed by atoms with van der Waals surface area (Å²) >= 11 is 0. The quantitative estimate of drug-likeness (QED) is 0.872. The van der Waals surface area contributed by atoms with Crippen LogP contribution in [0.5, 0.6) is 5.75 Å². The Labute approximate surface area is 129 Å². The smallest absolute Gasteiger partial charge is 0.118 e. The lowest BCUT2D eigenvalue weighted by atomic mass is 9.98. The maximum absolute atomic E-state index is 5.22. The summed E-state index contributed by atoms with van der Waals surface area (Å²) in [6, 6.07) is 9.76. The van der Waals surface area contributed by atoms with Gasteiger partial charge >= 0.3 is 0 Å². The number of piperazine rings is 1. The summed E-state index contributed by atoms with van der Waals surface area (Å²) in [6.45, 7) is 10.4.